The summed E-state index contributed by atoms with van der Waals surface area (Å²) in [6.45, 7) is 3.11. The molecule has 0 radical (unpaired) electrons. The van der Waals surface area contributed by atoms with E-state index in [-0.39, 0.29) is 0 Å². The Bertz CT molecular complexity index is 263. The van der Waals surface area contributed by atoms with Crippen LogP contribution in [0.25, 0.3) is 0 Å². The molecule has 0 bridgehead atoms. The Morgan fingerprint density at radius 2 is 2.29 bits per heavy atom. The standard InChI is InChI=1S/C11H18N2S/c1-10-5-7-13-11(9-10)12-6-3-4-8-14-2/h5,7,9H,3-4,6,8H2,1-2H3,(H,12,13). The van der Waals surface area contributed by atoms with Gasteiger partial charge in [0.15, 0.2) is 0 Å². The van der Waals surface area contributed by atoms with Gasteiger partial charge in [-0.1, -0.05) is 0 Å². The molecule has 2 nitrogen and oxygen atoms in total. The van der Waals surface area contributed by atoms with E-state index in [2.05, 4.69) is 29.5 Å². The van der Waals surface area contributed by atoms with Crippen LogP contribution >= 0.6 is 11.8 Å². The van der Waals surface area contributed by atoms with Crippen molar-refractivity contribution in [2.24, 2.45) is 0 Å². The zero-order chi connectivity index (χ0) is 10.2. The van der Waals surface area contributed by atoms with Gasteiger partial charge in [-0.3, -0.25) is 0 Å². The van der Waals surface area contributed by atoms with Crippen LogP contribution in [0.15, 0.2) is 18.3 Å². The van der Waals surface area contributed by atoms with Crippen LogP contribution in [0.2, 0.25) is 0 Å². The summed E-state index contributed by atoms with van der Waals surface area (Å²) in [5, 5.41) is 3.32. The van der Waals surface area contributed by atoms with Crippen LogP contribution in [0, 0.1) is 6.92 Å². The molecule has 1 aromatic rings. The summed E-state index contributed by atoms with van der Waals surface area (Å²) in [7, 11) is 0. The highest BCUT2D eigenvalue weighted by Gasteiger charge is 1.92. The van der Waals surface area contributed by atoms with Crippen molar-refractivity contribution in [1.29, 1.82) is 0 Å². The van der Waals surface area contributed by atoms with Crippen molar-refractivity contribution >= 4 is 17.6 Å². The number of rotatable bonds is 6. The molecule has 1 N–H and O–H groups in total. The Balaban J connectivity index is 2.18. The van der Waals surface area contributed by atoms with Gasteiger partial charge in [0.2, 0.25) is 0 Å². The number of anilines is 1. The molecule has 0 aromatic carbocycles. The van der Waals surface area contributed by atoms with Crippen LogP contribution in [0.1, 0.15) is 18.4 Å². The molecule has 0 amide bonds. The van der Waals surface area contributed by atoms with Crippen LogP contribution in [0.5, 0.6) is 0 Å². The molecule has 0 saturated heterocycles. The molecule has 1 aromatic heterocycles. The maximum Gasteiger partial charge on any atom is 0.126 e. The molecule has 0 atom stereocenters. The van der Waals surface area contributed by atoms with Crippen molar-refractivity contribution in [3.05, 3.63) is 23.9 Å². The van der Waals surface area contributed by atoms with Crippen LogP contribution < -0.4 is 5.32 Å². The second-order valence-corrected chi connectivity index (χ2v) is 4.33. The largest absolute Gasteiger partial charge is 0.370 e. The van der Waals surface area contributed by atoms with Gasteiger partial charge >= 0.3 is 0 Å². The SMILES string of the molecule is CSCCCCNc1cc(C)ccn1. The summed E-state index contributed by atoms with van der Waals surface area (Å²) >= 11 is 1.91. The van der Waals surface area contributed by atoms with Gasteiger partial charge in [-0.05, 0) is 49.5 Å². The first-order valence-electron chi connectivity index (χ1n) is 4.98. The second kappa shape index (κ2) is 6.71. The molecule has 0 aliphatic heterocycles. The van der Waals surface area contributed by atoms with Crippen molar-refractivity contribution in [2.45, 2.75) is 19.8 Å². The third-order valence-electron chi connectivity index (χ3n) is 2.00. The van der Waals surface area contributed by atoms with Crippen molar-refractivity contribution in [2.75, 3.05) is 23.9 Å². The van der Waals surface area contributed by atoms with Gasteiger partial charge < -0.3 is 5.32 Å². The lowest BCUT2D eigenvalue weighted by Crippen LogP contribution is -2.03. The van der Waals surface area contributed by atoms with E-state index in [1.54, 1.807) is 0 Å². The lowest BCUT2D eigenvalue weighted by Gasteiger charge is -2.05. The summed E-state index contributed by atoms with van der Waals surface area (Å²) in [5.74, 6) is 2.25. The zero-order valence-electron chi connectivity index (χ0n) is 8.92. The number of thioether (sulfide) groups is 1. The van der Waals surface area contributed by atoms with E-state index in [1.807, 2.05) is 24.0 Å². The molecular weight excluding hydrogens is 192 g/mol. The molecule has 1 rings (SSSR count). The molecule has 0 unspecified atom stereocenters. The predicted octanol–water partition coefficient (Wildman–Crippen LogP) is 2.95. The number of pyridine rings is 1. The number of hydrogen-bond acceptors (Lipinski definition) is 3. The molecule has 78 valence electrons. The number of unbranched alkanes of at least 4 members (excludes halogenated alkanes) is 1. The monoisotopic (exact) mass is 210 g/mol. The van der Waals surface area contributed by atoms with Gasteiger partial charge in [0, 0.05) is 12.7 Å². The van der Waals surface area contributed by atoms with Crippen LogP contribution in [-0.4, -0.2) is 23.5 Å². The fourth-order valence-corrected chi connectivity index (χ4v) is 1.71. The van der Waals surface area contributed by atoms with Gasteiger partial charge in [-0.2, -0.15) is 11.8 Å². The van der Waals surface area contributed by atoms with E-state index >= 15 is 0 Å². The topological polar surface area (TPSA) is 24.9 Å². The number of aromatic nitrogens is 1. The van der Waals surface area contributed by atoms with Crippen LogP contribution in [-0.2, 0) is 0 Å². The van der Waals surface area contributed by atoms with Crippen LogP contribution in [0.4, 0.5) is 5.82 Å². The van der Waals surface area contributed by atoms with Crippen LogP contribution in [0.3, 0.4) is 0 Å². The van der Waals surface area contributed by atoms with Crippen molar-refractivity contribution in [3.8, 4) is 0 Å². The van der Waals surface area contributed by atoms with E-state index < -0.39 is 0 Å². The smallest absolute Gasteiger partial charge is 0.126 e. The molecule has 0 spiro atoms. The summed E-state index contributed by atoms with van der Waals surface area (Å²) in [4.78, 5) is 4.24. The quantitative estimate of drug-likeness (QED) is 0.731. The van der Waals surface area contributed by atoms with E-state index in [0.29, 0.717) is 0 Å². The minimum absolute atomic E-state index is 0.995. The molecule has 3 heteroatoms. The Morgan fingerprint density at radius 3 is 3.00 bits per heavy atom. The maximum atomic E-state index is 4.24. The number of hydrogen-bond donors (Lipinski definition) is 1. The number of nitrogens with zero attached hydrogens (tertiary/aromatic N) is 1. The van der Waals surface area contributed by atoms with Gasteiger partial charge in [-0.15, -0.1) is 0 Å². The normalized spacial score (nSPS) is 10.1. The molecular formula is C11H18N2S. The molecule has 0 saturated carbocycles. The fraction of sp³-hybridized carbons (Fsp3) is 0.545. The first kappa shape index (κ1) is 11.4. The minimum atomic E-state index is 0.995. The number of aryl methyl sites for hydroxylation is 1. The average Bonchev–Trinajstić information content (AvgIpc) is 2.18. The third-order valence-corrected chi connectivity index (χ3v) is 2.69. The summed E-state index contributed by atoms with van der Waals surface area (Å²) in [6.07, 6.45) is 6.49. The minimum Gasteiger partial charge on any atom is -0.370 e. The van der Waals surface area contributed by atoms with E-state index in [0.717, 1.165) is 12.4 Å². The van der Waals surface area contributed by atoms with Crippen molar-refractivity contribution < 1.29 is 0 Å². The van der Waals surface area contributed by atoms with Gasteiger partial charge in [0.1, 0.15) is 5.82 Å². The lowest BCUT2D eigenvalue weighted by atomic mass is 10.3. The molecule has 0 aliphatic carbocycles. The highest BCUT2D eigenvalue weighted by Crippen LogP contribution is 2.06. The van der Waals surface area contributed by atoms with E-state index in [1.165, 1.54) is 24.2 Å². The predicted molar refractivity (Wildman–Crippen MR) is 65.1 cm³/mol. The lowest BCUT2D eigenvalue weighted by molar-refractivity contribution is 0.839. The van der Waals surface area contributed by atoms with Crippen molar-refractivity contribution in [3.63, 3.8) is 0 Å². The van der Waals surface area contributed by atoms with Crippen molar-refractivity contribution in [1.82, 2.24) is 4.98 Å². The summed E-state index contributed by atoms with van der Waals surface area (Å²) < 4.78 is 0. The Hall–Kier alpha value is -0.700. The summed E-state index contributed by atoms with van der Waals surface area (Å²) in [5.41, 5.74) is 1.26. The summed E-state index contributed by atoms with van der Waals surface area (Å²) in [6, 6.07) is 4.09. The zero-order valence-corrected chi connectivity index (χ0v) is 9.73. The molecule has 0 aliphatic rings. The highest BCUT2D eigenvalue weighted by molar-refractivity contribution is 7.98. The van der Waals surface area contributed by atoms with E-state index in [4.69, 9.17) is 0 Å². The molecule has 0 fully saturated rings. The maximum absolute atomic E-state index is 4.24. The first-order valence-corrected chi connectivity index (χ1v) is 6.38. The molecule has 14 heavy (non-hydrogen) atoms. The Morgan fingerprint density at radius 1 is 1.43 bits per heavy atom. The fourth-order valence-electron chi connectivity index (χ4n) is 1.22. The highest BCUT2D eigenvalue weighted by atomic mass is 32.2. The first-order chi connectivity index (χ1) is 6.83. The Kier molecular flexibility index (Phi) is 5.45. The second-order valence-electron chi connectivity index (χ2n) is 3.35. The third kappa shape index (κ3) is 4.51. The van der Waals surface area contributed by atoms with Gasteiger partial charge in [-0.25, -0.2) is 4.98 Å². The molecule has 1 heterocycles. The van der Waals surface area contributed by atoms with Gasteiger partial charge in [0.05, 0.1) is 0 Å². The van der Waals surface area contributed by atoms with Gasteiger partial charge in [0.25, 0.3) is 0 Å². The average molecular weight is 210 g/mol. The Labute approximate surface area is 90.5 Å². The van der Waals surface area contributed by atoms with E-state index in [9.17, 15) is 0 Å². The number of nitrogens with one attached hydrogen (secondary N) is 1.